The third-order valence-corrected chi connectivity index (χ3v) is 6.94. The van der Waals surface area contributed by atoms with Gasteiger partial charge in [-0.1, -0.05) is 0 Å². The largest absolute Gasteiger partial charge is 0.478 e. The summed E-state index contributed by atoms with van der Waals surface area (Å²) < 4.78 is 21.5. The van der Waals surface area contributed by atoms with Crippen molar-refractivity contribution in [1.82, 2.24) is 15.5 Å². The number of hydrogen-bond acceptors (Lipinski definition) is 10. The first-order valence-electron chi connectivity index (χ1n) is 13.9. The molecule has 0 unspecified atom stereocenters. The highest BCUT2D eigenvalue weighted by atomic mass is 32.1. The molecule has 2 heterocycles. The molecule has 234 valence electrons. The second-order valence-corrected chi connectivity index (χ2v) is 12.9. The van der Waals surface area contributed by atoms with E-state index >= 15 is 0 Å². The van der Waals surface area contributed by atoms with E-state index < -0.39 is 47.7 Å². The SMILES string of the molecule is CCNC(=O)Oc1cc(C(=O)CNC(=O)c2cc3c(s2)CCN(C(=O)OC(C)(C)C)C3)ccc1OCC(=O)OC(C)(C)C. The van der Waals surface area contributed by atoms with Crippen LogP contribution in [0.4, 0.5) is 9.59 Å². The van der Waals surface area contributed by atoms with Crippen LogP contribution in [0.15, 0.2) is 24.3 Å². The lowest BCUT2D eigenvalue weighted by molar-refractivity contribution is -0.157. The highest BCUT2D eigenvalue weighted by Crippen LogP contribution is 2.30. The molecule has 0 aliphatic carbocycles. The quantitative estimate of drug-likeness (QED) is 0.307. The van der Waals surface area contributed by atoms with Crippen molar-refractivity contribution in [3.8, 4) is 11.5 Å². The van der Waals surface area contributed by atoms with E-state index in [1.54, 1.807) is 59.4 Å². The number of benzene rings is 1. The topological polar surface area (TPSA) is 150 Å². The van der Waals surface area contributed by atoms with Crippen LogP contribution in [0, 0.1) is 0 Å². The van der Waals surface area contributed by atoms with Gasteiger partial charge in [-0.2, -0.15) is 0 Å². The van der Waals surface area contributed by atoms with Crippen molar-refractivity contribution in [3.63, 3.8) is 0 Å². The van der Waals surface area contributed by atoms with Gasteiger partial charge in [0.05, 0.1) is 18.0 Å². The first kappa shape index (κ1) is 33.4. The van der Waals surface area contributed by atoms with E-state index in [1.165, 1.54) is 29.5 Å². The molecule has 0 spiro atoms. The van der Waals surface area contributed by atoms with Crippen molar-refractivity contribution in [3.05, 3.63) is 45.1 Å². The fraction of sp³-hybridized carbons (Fsp3) is 0.500. The number of thiophene rings is 1. The number of fused-ring (bicyclic) bond motifs is 1. The fourth-order valence-electron chi connectivity index (χ4n) is 3.95. The molecule has 0 saturated carbocycles. The molecule has 0 bridgehead atoms. The molecule has 12 nitrogen and oxygen atoms in total. The molecular weight excluding hydrogens is 578 g/mol. The number of esters is 1. The Kier molecular flexibility index (Phi) is 10.8. The van der Waals surface area contributed by atoms with Gasteiger partial charge >= 0.3 is 18.2 Å². The number of rotatable bonds is 9. The van der Waals surface area contributed by atoms with Gasteiger partial charge in [0.25, 0.3) is 5.91 Å². The zero-order valence-electron chi connectivity index (χ0n) is 25.6. The Hall–Kier alpha value is -4.13. The van der Waals surface area contributed by atoms with Crippen molar-refractivity contribution in [2.45, 2.75) is 72.6 Å². The molecule has 2 aromatic rings. The lowest BCUT2D eigenvalue weighted by Crippen LogP contribution is -2.39. The van der Waals surface area contributed by atoms with E-state index in [9.17, 15) is 24.0 Å². The predicted octanol–water partition coefficient (Wildman–Crippen LogP) is 4.48. The van der Waals surface area contributed by atoms with Crippen LogP contribution in [0.2, 0.25) is 0 Å². The summed E-state index contributed by atoms with van der Waals surface area (Å²) in [6, 6.07) is 5.88. The van der Waals surface area contributed by atoms with Crippen molar-refractivity contribution >= 4 is 41.2 Å². The van der Waals surface area contributed by atoms with E-state index in [-0.39, 0.29) is 23.6 Å². The van der Waals surface area contributed by atoms with E-state index in [0.717, 1.165) is 10.4 Å². The summed E-state index contributed by atoms with van der Waals surface area (Å²) in [6.45, 7) is 12.7. The molecule has 1 aromatic heterocycles. The molecule has 2 N–H and O–H groups in total. The second-order valence-electron chi connectivity index (χ2n) is 11.8. The number of hydrogen-bond donors (Lipinski definition) is 2. The number of Topliss-reactive ketones (excluding diaryl/α,β-unsaturated/α-hetero) is 1. The van der Waals surface area contributed by atoms with Gasteiger partial charge in [0, 0.05) is 23.5 Å². The Bertz CT molecular complexity index is 1370. The number of ether oxygens (including phenoxy) is 4. The third-order valence-electron chi connectivity index (χ3n) is 5.71. The van der Waals surface area contributed by atoms with Gasteiger partial charge in [-0.25, -0.2) is 14.4 Å². The summed E-state index contributed by atoms with van der Waals surface area (Å²) in [6.07, 6.45) is -0.575. The predicted molar refractivity (Wildman–Crippen MR) is 159 cm³/mol. The minimum atomic E-state index is -0.769. The lowest BCUT2D eigenvalue weighted by atomic mass is 10.1. The Morgan fingerprint density at radius 3 is 2.28 bits per heavy atom. The summed E-state index contributed by atoms with van der Waals surface area (Å²) in [4.78, 5) is 65.5. The van der Waals surface area contributed by atoms with Crippen LogP contribution >= 0.6 is 11.3 Å². The monoisotopic (exact) mass is 617 g/mol. The third kappa shape index (κ3) is 10.3. The summed E-state index contributed by atoms with van der Waals surface area (Å²) in [5.41, 5.74) is -0.286. The number of nitrogens with one attached hydrogen (secondary N) is 2. The summed E-state index contributed by atoms with van der Waals surface area (Å²) in [5, 5.41) is 5.12. The molecule has 3 rings (SSSR count). The smallest absolute Gasteiger partial charge is 0.412 e. The van der Waals surface area contributed by atoms with Gasteiger partial charge in [-0.05, 0) is 84.7 Å². The fourth-order valence-corrected chi connectivity index (χ4v) is 5.02. The van der Waals surface area contributed by atoms with E-state index in [2.05, 4.69) is 10.6 Å². The molecule has 0 saturated heterocycles. The molecule has 3 amide bonds. The lowest BCUT2D eigenvalue weighted by Gasteiger charge is -2.29. The van der Waals surface area contributed by atoms with Crippen LogP contribution in [0.5, 0.6) is 11.5 Å². The maximum Gasteiger partial charge on any atom is 0.412 e. The van der Waals surface area contributed by atoms with Gasteiger partial charge in [-0.15, -0.1) is 11.3 Å². The molecule has 1 aliphatic heterocycles. The average Bonchev–Trinajstić information content (AvgIpc) is 3.32. The zero-order chi connectivity index (χ0) is 31.9. The number of amides is 3. The Morgan fingerprint density at radius 2 is 1.63 bits per heavy atom. The number of carbonyl (C=O) groups excluding carboxylic acids is 5. The highest BCUT2D eigenvalue weighted by Gasteiger charge is 2.28. The van der Waals surface area contributed by atoms with E-state index in [1.807, 2.05) is 0 Å². The number of carbonyl (C=O) groups is 5. The Balaban J connectivity index is 1.65. The minimum Gasteiger partial charge on any atom is -0.478 e. The van der Waals surface area contributed by atoms with Gasteiger partial charge in [0.1, 0.15) is 11.2 Å². The van der Waals surface area contributed by atoms with Crippen molar-refractivity contribution in [1.29, 1.82) is 0 Å². The number of ketones is 1. The van der Waals surface area contributed by atoms with Crippen LogP contribution < -0.4 is 20.1 Å². The van der Waals surface area contributed by atoms with Gasteiger partial charge in [-0.3, -0.25) is 9.59 Å². The van der Waals surface area contributed by atoms with Crippen molar-refractivity contribution < 1.29 is 42.9 Å². The van der Waals surface area contributed by atoms with Crippen LogP contribution in [0.25, 0.3) is 0 Å². The standard InChI is InChI=1S/C30H39N3O9S/c1-8-31-27(37)40-22-13-18(9-10-21(22)39-17-25(35)41-29(2,3)4)20(34)15-32-26(36)24-14-19-16-33(12-11-23(19)43-24)28(38)42-30(5,6)7/h9-10,13-14H,8,11-12,15-17H2,1-7H3,(H,31,37)(H,32,36). The minimum absolute atomic E-state index is 0.0577. The first-order chi connectivity index (χ1) is 20.0. The number of nitrogens with zero attached hydrogens (tertiary/aromatic N) is 1. The Labute approximate surface area is 255 Å². The van der Waals surface area contributed by atoms with E-state index in [4.69, 9.17) is 18.9 Å². The first-order valence-corrected chi connectivity index (χ1v) is 14.7. The molecule has 0 radical (unpaired) electrons. The summed E-state index contributed by atoms with van der Waals surface area (Å²) >= 11 is 1.32. The van der Waals surface area contributed by atoms with E-state index in [0.29, 0.717) is 30.9 Å². The summed E-state index contributed by atoms with van der Waals surface area (Å²) in [7, 11) is 0. The van der Waals surface area contributed by atoms with Gasteiger partial charge in [0.15, 0.2) is 23.9 Å². The van der Waals surface area contributed by atoms with Crippen LogP contribution in [0.1, 0.15) is 78.9 Å². The second kappa shape index (κ2) is 13.9. The molecular formula is C30H39N3O9S. The van der Waals surface area contributed by atoms with Crippen molar-refractivity contribution in [2.24, 2.45) is 0 Å². The van der Waals surface area contributed by atoms with Crippen LogP contribution in [0.3, 0.4) is 0 Å². The molecule has 43 heavy (non-hydrogen) atoms. The van der Waals surface area contributed by atoms with Crippen molar-refractivity contribution in [2.75, 3.05) is 26.2 Å². The molecule has 0 atom stereocenters. The summed E-state index contributed by atoms with van der Waals surface area (Å²) in [5.74, 6) is -1.50. The average molecular weight is 618 g/mol. The molecule has 13 heteroatoms. The van der Waals surface area contributed by atoms with Crippen LogP contribution in [-0.4, -0.2) is 72.2 Å². The maximum absolute atomic E-state index is 13.0. The van der Waals surface area contributed by atoms with Gasteiger partial charge < -0.3 is 34.5 Å². The Morgan fingerprint density at radius 1 is 0.930 bits per heavy atom. The normalized spacial score (nSPS) is 13.0. The molecule has 0 fully saturated rings. The maximum atomic E-state index is 13.0. The van der Waals surface area contributed by atoms with Crippen LogP contribution in [-0.2, 0) is 27.2 Å². The highest BCUT2D eigenvalue weighted by molar-refractivity contribution is 7.14. The molecule has 1 aliphatic rings. The zero-order valence-corrected chi connectivity index (χ0v) is 26.4. The van der Waals surface area contributed by atoms with Gasteiger partial charge in [0.2, 0.25) is 0 Å². The molecule has 1 aromatic carbocycles.